The van der Waals surface area contributed by atoms with Crippen LogP contribution in [0.25, 0.3) is 0 Å². The van der Waals surface area contributed by atoms with Gasteiger partial charge in [-0.25, -0.2) is 12.4 Å². The second-order valence-corrected chi connectivity index (χ2v) is 9.72. The third-order valence-electron chi connectivity index (χ3n) is 5.26. The molecule has 5 heteroatoms. The summed E-state index contributed by atoms with van der Waals surface area (Å²) in [5, 5.41) is 0.651. The number of aryl methyl sites for hydroxylation is 2. The van der Waals surface area contributed by atoms with E-state index >= 15 is 0 Å². The van der Waals surface area contributed by atoms with E-state index in [2.05, 4.69) is 12.1 Å². The molecule has 0 amide bonds. The molecule has 0 spiro atoms. The van der Waals surface area contributed by atoms with E-state index in [9.17, 15) is 8.42 Å². The molecule has 0 radical (unpaired) electrons. The lowest BCUT2D eigenvalue weighted by molar-refractivity contribution is 0.587. The SMILES string of the molecule is Cc1ccc(S(=O)(=O)n2cc(C)c(C(c3ccccc3)c3cccc(Cl)c3)c2)cc1. The second-order valence-electron chi connectivity index (χ2n) is 7.44. The van der Waals surface area contributed by atoms with Crippen LogP contribution in [0.1, 0.15) is 33.7 Å². The fraction of sp³-hybridized carbons (Fsp3) is 0.120. The van der Waals surface area contributed by atoms with Crippen molar-refractivity contribution >= 4 is 21.6 Å². The van der Waals surface area contributed by atoms with Crippen molar-refractivity contribution in [2.45, 2.75) is 24.7 Å². The molecule has 1 unspecified atom stereocenters. The van der Waals surface area contributed by atoms with Crippen LogP contribution in [0, 0.1) is 13.8 Å². The van der Waals surface area contributed by atoms with Crippen LogP contribution in [0.4, 0.5) is 0 Å². The average molecular weight is 436 g/mol. The first kappa shape index (κ1) is 20.5. The van der Waals surface area contributed by atoms with E-state index in [1.807, 2.05) is 68.4 Å². The van der Waals surface area contributed by atoms with Crippen LogP contribution in [-0.4, -0.2) is 12.4 Å². The third-order valence-corrected chi connectivity index (χ3v) is 7.13. The molecule has 4 rings (SSSR count). The van der Waals surface area contributed by atoms with Crippen LogP contribution in [0.3, 0.4) is 0 Å². The Balaban J connectivity index is 1.85. The van der Waals surface area contributed by atoms with Crippen molar-refractivity contribution in [2.75, 3.05) is 0 Å². The molecule has 1 aromatic heterocycles. The first-order chi connectivity index (χ1) is 14.4. The summed E-state index contributed by atoms with van der Waals surface area (Å²) in [6.07, 6.45) is 3.41. The van der Waals surface area contributed by atoms with Gasteiger partial charge in [0.1, 0.15) is 0 Å². The molecule has 3 aromatic carbocycles. The second kappa shape index (κ2) is 8.13. The van der Waals surface area contributed by atoms with Crippen molar-refractivity contribution < 1.29 is 8.42 Å². The normalized spacial score (nSPS) is 12.6. The zero-order chi connectivity index (χ0) is 21.3. The van der Waals surface area contributed by atoms with Crippen molar-refractivity contribution in [3.05, 3.63) is 124 Å². The van der Waals surface area contributed by atoms with Crippen LogP contribution >= 0.6 is 11.6 Å². The zero-order valence-electron chi connectivity index (χ0n) is 16.8. The monoisotopic (exact) mass is 435 g/mol. The Bertz CT molecular complexity index is 1280. The smallest absolute Gasteiger partial charge is 0.248 e. The topological polar surface area (TPSA) is 39.1 Å². The molecular weight excluding hydrogens is 414 g/mol. The van der Waals surface area contributed by atoms with Gasteiger partial charge in [-0.3, -0.25) is 0 Å². The molecule has 0 aliphatic heterocycles. The minimum Gasteiger partial charge on any atom is -0.248 e. The van der Waals surface area contributed by atoms with E-state index in [4.69, 9.17) is 11.6 Å². The predicted molar refractivity (Wildman–Crippen MR) is 122 cm³/mol. The van der Waals surface area contributed by atoms with Gasteiger partial charge in [-0.1, -0.05) is 71.8 Å². The Morgan fingerprint density at radius 3 is 2.13 bits per heavy atom. The molecule has 0 aliphatic carbocycles. The van der Waals surface area contributed by atoms with Gasteiger partial charge in [0.05, 0.1) is 4.90 Å². The van der Waals surface area contributed by atoms with Gasteiger partial charge in [0.15, 0.2) is 0 Å². The first-order valence-corrected chi connectivity index (χ1v) is 11.5. The molecule has 3 nitrogen and oxygen atoms in total. The number of rotatable bonds is 5. The van der Waals surface area contributed by atoms with Crippen molar-refractivity contribution in [2.24, 2.45) is 0 Å². The number of aromatic nitrogens is 1. The maximum atomic E-state index is 13.2. The molecule has 0 saturated carbocycles. The molecule has 0 bridgehead atoms. The lowest BCUT2D eigenvalue weighted by Crippen LogP contribution is -2.11. The Hall–Kier alpha value is -2.82. The standard InChI is InChI=1S/C25H22ClNO2S/c1-18-11-13-23(14-12-18)30(28,29)27-16-19(2)24(17-27)25(20-7-4-3-5-8-20)21-9-6-10-22(26)15-21/h3-17,25H,1-2H3. The minimum atomic E-state index is -3.67. The van der Waals surface area contributed by atoms with Gasteiger partial charge in [-0.05, 0) is 60.4 Å². The van der Waals surface area contributed by atoms with Crippen molar-refractivity contribution in [3.8, 4) is 0 Å². The molecule has 0 N–H and O–H groups in total. The highest BCUT2D eigenvalue weighted by Crippen LogP contribution is 2.36. The van der Waals surface area contributed by atoms with Gasteiger partial charge in [-0.2, -0.15) is 0 Å². The van der Waals surface area contributed by atoms with E-state index in [1.165, 1.54) is 3.97 Å². The Kier molecular flexibility index (Phi) is 5.54. The lowest BCUT2D eigenvalue weighted by Gasteiger charge is -2.19. The molecule has 30 heavy (non-hydrogen) atoms. The highest BCUT2D eigenvalue weighted by molar-refractivity contribution is 7.90. The molecule has 0 saturated heterocycles. The van der Waals surface area contributed by atoms with Gasteiger partial charge in [0.25, 0.3) is 10.0 Å². The molecule has 1 heterocycles. The fourth-order valence-electron chi connectivity index (χ4n) is 3.70. The van der Waals surface area contributed by atoms with Crippen molar-refractivity contribution in [3.63, 3.8) is 0 Å². The number of benzene rings is 3. The Morgan fingerprint density at radius 1 is 0.800 bits per heavy atom. The number of hydrogen-bond acceptors (Lipinski definition) is 2. The van der Waals surface area contributed by atoms with Gasteiger partial charge in [-0.15, -0.1) is 0 Å². The summed E-state index contributed by atoms with van der Waals surface area (Å²) < 4.78 is 27.7. The Morgan fingerprint density at radius 2 is 1.47 bits per heavy atom. The third kappa shape index (κ3) is 3.93. The van der Waals surface area contributed by atoms with Gasteiger partial charge < -0.3 is 0 Å². The molecular formula is C25H22ClNO2S. The quantitative estimate of drug-likeness (QED) is 0.375. The van der Waals surface area contributed by atoms with Crippen LogP contribution in [0.2, 0.25) is 5.02 Å². The van der Waals surface area contributed by atoms with E-state index in [1.54, 1.807) is 24.5 Å². The largest absolute Gasteiger partial charge is 0.267 e. The van der Waals surface area contributed by atoms with Gasteiger partial charge >= 0.3 is 0 Å². The summed E-state index contributed by atoms with van der Waals surface area (Å²) >= 11 is 6.27. The van der Waals surface area contributed by atoms with Crippen LogP contribution in [0.5, 0.6) is 0 Å². The molecule has 4 aromatic rings. The zero-order valence-corrected chi connectivity index (χ0v) is 18.4. The summed E-state index contributed by atoms with van der Waals surface area (Å²) in [4.78, 5) is 0.272. The first-order valence-electron chi connectivity index (χ1n) is 9.67. The van der Waals surface area contributed by atoms with Gasteiger partial charge in [0.2, 0.25) is 0 Å². The minimum absolute atomic E-state index is 0.126. The van der Waals surface area contributed by atoms with Crippen LogP contribution in [-0.2, 0) is 10.0 Å². The van der Waals surface area contributed by atoms with Gasteiger partial charge in [0, 0.05) is 23.3 Å². The molecule has 152 valence electrons. The fourth-order valence-corrected chi connectivity index (χ4v) is 5.17. The van der Waals surface area contributed by atoms with E-state index in [-0.39, 0.29) is 10.8 Å². The van der Waals surface area contributed by atoms with Crippen LogP contribution < -0.4 is 0 Å². The average Bonchev–Trinajstić information content (AvgIpc) is 3.12. The highest BCUT2D eigenvalue weighted by atomic mass is 35.5. The molecule has 1 atom stereocenters. The van der Waals surface area contributed by atoms with E-state index < -0.39 is 10.0 Å². The van der Waals surface area contributed by atoms with Crippen LogP contribution in [0.15, 0.2) is 96.2 Å². The highest BCUT2D eigenvalue weighted by Gasteiger charge is 2.24. The lowest BCUT2D eigenvalue weighted by atomic mass is 9.85. The summed E-state index contributed by atoms with van der Waals surface area (Å²) in [5.74, 6) is -0.126. The van der Waals surface area contributed by atoms with E-state index in [0.717, 1.165) is 27.8 Å². The van der Waals surface area contributed by atoms with Crippen molar-refractivity contribution in [1.29, 1.82) is 0 Å². The van der Waals surface area contributed by atoms with E-state index in [0.29, 0.717) is 5.02 Å². The number of halogens is 1. The predicted octanol–water partition coefficient (Wildman–Crippen LogP) is 6.18. The summed E-state index contributed by atoms with van der Waals surface area (Å²) in [6, 6.07) is 24.7. The molecule has 0 fully saturated rings. The molecule has 0 aliphatic rings. The number of nitrogens with zero attached hydrogens (tertiary/aromatic N) is 1. The summed E-state index contributed by atoms with van der Waals surface area (Å²) in [5.41, 5.74) is 4.94. The summed E-state index contributed by atoms with van der Waals surface area (Å²) in [7, 11) is -3.67. The maximum absolute atomic E-state index is 13.2. The van der Waals surface area contributed by atoms with Crippen molar-refractivity contribution in [1.82, 2.24) is 3.97 Å². The number of hydrogen-bond donors (Lipinski definition) is 0. The summed E-state index contributed by atoms with van der Waals surface area (Å²) in [6.45, 7) is 3.88. The maximum Gasteiger partial charge on any atom is 0.267 e. The Labute approximate surface area is 182 Å².